The molecule has 0 unspecified atom stereocenters. The smallest absolute Gasteiger partial charge is 0.202 e. The zero-order valence-corrected chi connectivity index (χ0v) is 8.18. The van der Waals surface area contributed by atoms with Gasteiger partial charge in [-0.05, 0) is 0 Å². The summed E-state index contributed by atoms with van der Waals surface area (Å²) in [6.07, 6.45) is 5.38. The molecule has 0 radical (unpaired) electrons. The van der Waals surface area contributed by atoms with Crippen LogP contribution in [0.4, 0.5) is 5.95 Å². The van der Waals surface area contributed by atoms with Crippen molar-refractivity contribution in [2.24, 2.45) is 14.1 Å². The Morgan fingerprint density at radius 2 is 2.29 bits per heavy atom. The molecule has 0 aliphatic rings. The van der Waals surface area contributed by atoms with Crippen LogP contribution in [0.5, 0.6) is 0 Å². The van der Waals surface area contributed by atoms with Gasteiger partial charge in [-0.15, -0.1) is 5.10 Å². The molecule has 2 aromatic heterocycles. The summed E-state index contributed by atoms with van der Waals surface area (Å²) in [5.74, 6) is 0.839. The SMILES string of the molecule is Cn1ccnc1NCc1cnnn1C. The van der Waals surface area contributed by atoms with Gasteiger partial charge in [-0.2, -0.15) is 0 Å². The van der Waals surface area contributed by atoms with Gasteiger partial charge in [-0.1, -0.05) is 5.21 Å². The highest BCUT2D eigenvalue weighted by Crippen LogP contribution is 2.03. The summed E-state index contributed by atoms with van der Waals surface area (Å²) in [4.78, 5) is 4.15. The van der Waals surface area contributed by atoms with Crippen LogP contribution < -0.4 is 5.32 Å². The maximum absolute atomic E-state index is 4.15. The highest BCUT2D eigenvalue weighted by Gasteiger charge is 2.01. The first-order valence-corrected chi connectivity index (χ1v) is 4.32. The number of imidazole rings is 1. The molecule has 0 saturated carbocycles. The van der Waals surface area contributed by atoms with Crippen LogP contribution in [0.3, 0.4) is 0 Å². The predicted octanol–water partition coefficient (Wildman–Crippen LogP) is 0.161. The Labute approximate surface area is 81.6 Å². The van der Waals surface area contributed by atoms with Crippen molar-refractivity contribution in [2.75, 3.05) is 5.32 Å². The number of hydrogen-bond acceptors (Lipinski definition) is 4. The van der Waals surface area contributed by atoms with Gasteiger partial charge in [-0.25, -0.2) is 4.98 Å². The molecule has 2 heterocycles. The van der Waals surface area contributed by atoms with Crippen LogP contribution in [0, 0.1) is 0 Å². The predicted molar refractivity (Wildman–Crippen MR) is 51.5 cm³/mol. The van der Waals surface area contributed by atoms with Crippen molar-refractivity contribution in [3.63, 3.8) is 0 Å². The quantitative estimate of drug-likeness (QED) is 0.752. The molecule has 6 heteroatoms. The van der Waals surface area contributed by atoms with Crippen LogP contribution in [0.15, 0.2) is 18.6 Å². The van der Waals surface area contributed by atoms with E-state index in [1.807, 2.05) is 24.9 Å². The Morgan fingerprint density at radius 1 is 1.43 bits per heavy atom. The fraction of sp³-hybridized carbons (Fsp3) is 0.375. The minimum atomic E-state index is 0.675. The van der Waals surface area contributed by atoms with Crippen LogP contribution in [0.1, 0.15) is 5.69 Å². The molecule has 0 aliphatic carbocycles. The van der Waals surface area contributed by atoms with Crippen molar-refractivity contribution in [3.8, 4) is 0 Å². The van der Waals surface area contributed by atoms with Crippen LogP contribution in [-0.4, -0.2) is 24.5 Å². The minimum absolute atomic E-state index is 0.675. The van der Waals surface area contributed by atoms with Gasteiger partial charge in [-0.3, -0.25) is 4.68 Å². The Hall–Kier alpha value is -1.85. The van der Waals surface area contributed by atoms with Gasteiger partial charge in [0.05, 0.1) is 18.4 Å². The number of anilines is 1. The van der Waals surface area contributed by atoms with Gasteiger partial charge in [0.25, 0.3) is 0 Å². The van der Waals surface area contributed by atoms with E-state index in [1.165, 1.54) is 0 Å². The summed E-state index contributed by atoms with van der Waals surface area (Å²) < 4.78 is 3.65. The zero-order chi connectivity index (χ0) is 9.97. The van der Waals surface area contributed by atoms with Gasteiger partial charge in [0.2, 0.25) is 5.95 Å². The third-order valence-electron chi connectivity index (χ3n) is 2.06. The largest absolute Gasteiger partial charge is 0.350 e. The van der Waals surface area contributed by atoms with Crippen molar-refractivity contribution in [2.45, 2.75) is 6.54 Å². The van der Waals surface area contributed by atoms with Crippen molar-refractivity contribution in [3.05, 3.63) is 24.3 Å². The molecule has 0 aromatic carbocycles. The molecule has 74 valence electrons. The number of hydrogen-bond donors (Lipinski definition) is 1. The topological polar surface area (TPSA) is 60.6 Å². The molecule has 0 aliphatic heterocycles. The highest BCUT2D eigenvalue weighted by atomic mass is 15.4. The maximum Gasteiger partial charge on any atom is 0.202 e. The van der Waals surface area contributed by atoms with E-state index >= 15 is 0 Å². The molecule has 0 fully saturated rings. The van der Waals surface area contributed by atoms with Gasteiger partial charge < -0.3 is 9.88 Å². The Morgan fingerprint density at radius 3 is 2.86 bits per heavy atom. The first-order valence-electron chi connectivity index (χ1n) is 4.32. The van der Waals surface area contributed by atoms with Crippen LogP contribution in [0.2, 0.25) is 0 Å². The van der Waals surface area contributed by atoms with Crippen molar-refractivity contribution in [1.82, 2.24) is 24.5 Å². The molecule has 2 rings (SSSR count). The third kappa shape index (κ3) is 1.59. The first-order chi connectivity index (χ1) is 6.77. The lowest BCUT2D eigenvalue weighted by atomic mass is 10.5. The van der Waals surface area contributed by atoms with E-state index in [9.17, 15) is 0 Å². The molecular weight excluding hydrogens is 180 g/mol. The number of nitrogens with one attached hydrogen (secondary N) is 1. The molecule has 6 nitrogen and oxygen atoms in total. The number of nitrogens with zero attached hydrogens (tertiary/aromatic N) is 5. The average Bonchev–Trinajstić information content (AvgIpc) is 2.72. The monoisotopic (exact) mass is 192 g/mol. The second-order valence-corrected chi connectivity index (χ2v) is 3.06. The van der Waals surface area contributed by atoms with E-state index in [-0.39, 0.29) is 0 Å². The molecule has 2 aromatic rings. The van der Waals surface area contributed by atoms with Crippen LogP contribution in [-0.2, 0) is 20.6 Å². The number of rotatable bonds is 3. The lowest BCUT2D eigenvalue weighted by Crippen LogP contribution is -2.08. The lowest BCUT2D eigenvalue weighted by Gasteiger charge is -2.04. The molecule has 0 amide bonds. The van der Waals surface area contributed by atoms with Crippen molar-refractivity contribution < 1.29 is 0 Å². The molecule has 0 saturated heterocycles. The Balaban J connectivity index is 2.02. The maximum atomic E-state index is 4.15. The lowest BCUT2D eigenvalue weighted by molar-refractivity contribution is 0.682. The molecule has 14 heavy (non-hydrogen) atoms. The summed E-state index contributed by atoms with van der Waals surface area (Å²) in [5, 5.41) is 10.8. The fourth-order valence-electron chi connectivity index (χ4n) is 1.18. The Kier molecular flexibility index (Phi) is 2.18. The van der Waals surface area contributed by atoms with Gasteiger partial charge in [0.15, 0.2) is 0 Å². The van der Waals surface area contributed by atoms with Crippen molar-refractivity contribution >= 4 is 5.95 Å². The van der Waals surface area contributed by atoms with E-state index in [1.54, 1.807) is 17.1 Å². The van der Waals surface area contributed by atoms with E-state index in [4.69, 9.17) is 0 Å². The molecule has 0 atom stereocenters. The zero-order valence-electron chi connectivity index (χ0n) is 8.18. The van der Waals surface area contributed by atoms with Gasteiger partial charge >= 0.3 is 0 Å². The second kappa shape index (κ2) is 3.49. The summed E-state index contributed by atoms with van der Waals surface area (Å²) in [5.41, 5.74) is 1.02. The summed E-state index contributed by atoms with van der Waals surface area (Å²) in [6, 6.07) is 0. The minimum Gasteiger partial charge on any atom is -0.350 e. The molecule has 0 spiro atoms. The number of aryl methyl sites for hydroxylation is 2. The molecule has 0 bridgehead atoms. The summed E-state index contributed by atoms with van der Waals surface area (Å²) in [6.45, 7) is 0.675. The second-order valence-electron chi connectivity index (χ2n) is 3.06. The fourth-order valence-corrected chi connectivity index (χ4v) is 1.18. The Bertz CT molecular complexity index is 375. The normalized spacial score (nSPS) is 10.4. The number of aromatic nitrogens is 5. The average molecular weight is 192 g/mol. The van der Waals surface area contributed by atoms with Crippen LogP contribution >= 0.6 is 0 Å². The van der Waals surface area contributed by atoms with Gasteiger partial charge in [0.1, 0.15) is 0 Å². The third-order valence-corrected chi connectivity index (χ3v) is 2.06. The molecular formula is C8H12N6. The van der Waals surface area contributed by atoms with E-state index in [2.05, 4.69) is 20.6 Å². The highest BCUT2D eigenvalue weighted by molar-refractivity contribution is 5.26. The summed E-state index contributed by atoms with van der Waals surface area (Å²) in [7, 11) is 3.80. The first kappa shape index (κ1) is 8.74. The van der Waals surface area contributed by atoms with E-state index in [0.717, 1.165) is 11.6 Å². The van der Waals surface area contributed by atoms with Crippen LogP contribution in [0.25, 0.3) is 0 Å². The van der Waals surface area contributed by atoms with Crippen molar-refractivity contribution in [1.29, 1.82) is 0 Å². The summed E-state index contributed by atoms with van der Waals surface area (Å²) >= 11 is 0. The van der Waals surface area contributed by atoms with E-state index < -0.39 is 0 Å². The van der Waals surface area contributed by atoms with E-state index in [0.29, 0.717) is 6.54 Å². The van der Waals surface area contributed by atoms with Gasteiger partial charge in [0, 0.05) is 26.5 Å². The standard InChI is InChI=1S/C8H12N6/c1-13-4-3-9-8(13)10-5-7-6-11-12-14(7)2/h3-4,6H,5H2,1-2H3,(H,9,10). The molecule has 1 N–H and O–H groups in total.